The van der Waals surface area contributed by atoms with Crippen molar-refractivity contribution in [3.8, 4) is 11.5 Å². The summed E-state index contributed by atoms with van der Waals surface area (Å²) in [4.78, 5) is 23.0. The summed E-state index contributed by atoms with van der Waals surface area (Å²) in [6.07, 6.45) is 1.43. The first-order chi connectivity index (χ1) is 14.0. The summed E-state index contributed by atoms with van der Waals surface area (Å²) in [5.41, 5.74) is 12.6. The van der Waals surface area contributed by atoms with Gasteiger partial charge in [0.25, 0.3) is 0 Å². The van der Waals surface area contributed by atoms with Crippen LogP contribution in [-0.2, 0) is 11.3 Å². The number of nitrogens with two attached hydrogens (primary N) is 2. The maximum atomic E-state index is 14.1. The third-order valence-corrected chi connectivity index (χ3v) is 4.21. The van der Waals surface area contributed by atoms with Crippen LogP contribution in [-0.4, -0.2) is 31.1 Å². The van der Waals surface area contributed by atoms with Gasteiger partial charge in [0, 0.05) is 5.56 Å². The third-order valence-electron chi connectivity index (χ3n) is 4.21. The molecule has 1 aromatic carbocycles. The highest BCUT2D eigenvalue weighted by Crippen LogP contribution is 2.30. The number of carbonyl (C=O) groups is 1. The normalized spacial score (nSPS) is 11.0. The van der Waals surface area contributed by atoms with E-state index in [9.17, 15) is 13.6 Å². The van der Waals surface area contributed by atoms with Gasteiger partial charge in [-0.25, -0.2) is 28.4 Å². The number of fused-ring (bicyclic) bond motifs is 1. The molecule has 0 saturated heterocycles. The lowest BCUT2D eigenvalue weighted by Gasteiger charge is -2.07. The number of halogens is 2. The van der Waals surface area contributed by atoms with Crippen molar-refractivity contribution >= 4 is 34.8 Å². The zero-order valence-electron chi connectivity index (χ0n) is 14.8. The van der Waals surface area contributed by atoms with Crippen LogP contribution in [0.2, 0.25) is 0 Å². The molecule has 4 rings (SSSR count). The van der Waals surface area contributed by atoms with E-state index in [2.05, 4.69) is 25.4 Å². The van der Waals surface area contributed by atoms with Crippen molar-refractivity contribution < 1.29 is 13.6 Å². The van der Waals surface area contributed by atoms with E-state index in [1.807, 2.05) is 0 Å². The van der Waals surface area contributed by atoms with Crippen molar-refractivity contribution in [3.63, 3.8) is 0 Å². The third kappa shape index (κ3) is 3.29. The Kier molecular flexibility index (Phi) is 4.47. The van der Waals surface area contributed by atoms with E-state index in [0.29, 0.717) is 23.0 Å². The zero-order chi connectivity index (χ0) is 20.5. The molecule has 3 heterocycles. The molecule has 0 spiro atoms. The molecule has 0 aliphatic heterocycles. The molecule has 0 bridgehead atoms. The second-order valence-corrected chi connectivity index (χ2v) is 6.08. The molecule has 3 aromatic heterocycles. The van der Waals surface area contributed by atoms with E-state index in [1.54, 1.807) is 18.2 Å². The Balaban J connectivity index is 1.88. The van der Waals surface area contributed by atoms with Gasteiger partial charge < -0.3 is 16.8 Å². The summed E-state index contributed by atoms with van der Waals surface area (Å²) in [6, 6.07) is 7.43. The van der Waals surface area contributed by atoms with Crippen LogP contribution in [0.5, 0.6) is 0 Å². The molecule has 0 radical (unpaired) electrons. The molecule has 4 aromatic rings. The average molecular weight is 396 g/mol. The number of hydrogen-bond donors (Lipinski definition) is 3. The highest BCUT2D eigenvalue weighted by Gasteiger charge is 2.20. The van der Waals surface area contributed by atoms with Gasteiger partial charge in [-0.05, 0) is 12.1 Å². The lowest BCUT2D eigenvalue weighted by atomic mass is 10.2. The van der Waals surface area contributed by atoms with Gasteiger partial charge in [-0.15, -0.1) is 0 Å². The van der Waals surface area contributed by atoms with Crippen molar-refractivity contribution in [2.45, 2.75) is 6.54 Å². The largest absolute Gasteiger partial charge is 0.382 e. The lowest BCUT2D eigenvalue weighted by Crippen LogP contribution is -2.09. The fourth-order valence-corrected chi connectivity index (χ4v) is 2.91. The van der Waals surface area contributed by atoms with Crippen LogP contribution in [0.15, 0.2) is 36.5 Å². The van der Waals surface area contributed by atoms with Crippen LogP contribution >= 0.6 is 0 Å². The van der Waals surface area contributed by atoms with Crippen molar-refractivity contribution in [1.29, 1.82) is 0 Å². The van der Waals surface area contributed by atoms with Gasteiger partial charge in [0.1, 0.15) is 23.0 Å². The Morgan fingerprint density at radius 3 is 2.55 bits per heavy atom. The molecular formula is C18H14F2N8O. The number of amides is 1. The number of nitrogens with one attached hydrogen (secondary N) is 1. The van der Waals surface area contributed by atoms with Crippen molar-refractivity contribution in [2.75, 3.05) is 16.8 Å². The van der Waals surface area contributed by atoms with Gasteiger partial charge >= 0.3 is 0 Å². The summed E-state index contributed by atoms with van der Waals surface area (Å²) < 4.78 is 29.3. The van der Waals surface area contributed by atoms with Crippen LogP contribution in [0.3, 0.4) is 0 Å². The number of carbonyl (C=O) groups excluding carboxylic acids is 1. The molecule has 0 aliphatic carbocycles. The quantitative estimate of drug-likeness (QED) is 0.438. The molecule has 29 heavy (non-hydrogen) atoms. The first-order valence-corrected chi connectivity index (χ1v) is 8.37. The molecule has 146 valence electrons. The molecule has 5 N–H and O–H groups in total. The van der Waals surface area contributed by atoms with Crippen LogP contribution in [0.4, 0.5) is 26.1 Å². The number of hydrogen-bond acceptors (Lipinski definition) is 7. The highest BCUT2D eigenvalue weighted by atomic mass is 19.1. The summed E-state index contributed by atoms with van der Waals surface area (Å²) >= 11 is 0. The number of nitrogens with zero attached hydrogens (tertiary/aromatic N) is 5. The number of nitrogen functional groups attached to an aromatic ring is 2. The maximum absolute atomic E-state index is 14.1. The molecule has 11 heteroatoms. The minimum Gasteiger partial charge on any atom is -0.382 e. The van der Waals surface area contributed by atoms with E-state index < -0.39 is 11.6 Å². The SMILES string of the molecule is Nc1nc(-c2nn(Cc3ccccc3F)c3ncc(F)cc23)nc(N)c1NC=O. The van der Waals surface area contributed by atoms with Crippen molar-refractivity contribution in [2.24, 2.45) is 0 Å². The first-order valence-electron chi connectivity index (χ1n) is 8.37. The Labute approximate surface area is 162 Å². The average Bonchev–Trinajstić information content (AvgIpc) is 3.04. The minimum atomic E-state index is -0.593. The predicted octanol–water partition coefficient (Wildman–Crippen LogP) is 1.95. The topological polar surface area (TPSA) is 138 Å². The van der Waals surface area contributed by atoms with E-state index in [1.165, 1.54) is 16.8 Å². The van der Waals surface area contributed by atoms with Gasteiger partial charge in [0.15, 0.2) is 23.1 Å². The van der Waals surface area contributed by atoms with Crippen LogP contribution in [0.25, 0.3) is 22.6 Å². The maximum Gasteiger partial charge on any atom is 0.211 e. The minimum absolute atomic E-state index is 0.0149. The standard InChI is InChI=1S/C18H14F2N8O/c19-10-5-11-13(17-25-15(21)14(24-8-29)16(22)26-17)27-28(18(11)23-6-10)7-9-3-1-2-4-12(9)20/h1-6,8H,7H2,(H,24,29)(H4,21,22,25,26). The molecular weight excluding hydrogens is 382 g/mol. The summed E-state index contributed by atoms with van der Waals surface area (Å²) in [5.74, 6) is -1.15. The molecule has 0 atom stereocenters. The monoisotopic (exact) mass is 396 g/mol. The Morgan fingerprint density at radius 1 is 1.14 bits per heavy atom. The molecule has 0 aliphatic rings. The predicted molar refractivity (Wildman–Crippen MR) is 103 cm³/mol. The zero-order valence-corrected chi connectivity index (χ0v) is 14.8. The Bertz CT molecular complexity index is 1220. The van der Waals surface area contributed by atoms with Gasteiger partial charge in [-0.1, -0.05) is 18.2 Å². The lowest BCUT2D eigenvalue weighted by molar-refractivity contribution is -0.105. The Hall–Kier alpha value is -4.15. The van der Waals surface area contributed by atoms with E-state index in [0.717, 1.165) is 6.20 Å². The van der Waals surface area contributed by atoms with Crippen LogP contribution in [0.1, 0.15) is 5.56 Å². The van der Waals surface area contributed by atoms with Gasteiger partial charge in [-0.2, -0.15) is 5.10 Å². The summed E-state index contributed by atoms with van der Waals surface area (Å²) in [5, 5.41) is 7.01. The number of rotatable bonds is 5. The highest BCUT2D eigenvalue weighted by molar-refractivity contribution is 5.91. The van der Waals surface area contributed by atoms with Crippen molar-refractivity contribution in [1.82, 2.24) is 24.7 Å². The van der Waals surface area contributed by atoms with E-state index in [4.69, 9.17) is 11.5 Å². The first kappa shape index (κ1) is 18.2. The second-order valence-electron chi connectivity index (χ2n) is 6.08. The number of aromatic nitrogens is 5. The fourth-order valence-electron chi connectivity index (χ4n) is 2.91. The number of pyridine rings is 1. The molecule has 9 nitrogen and oxygen atoms in total. The van der Waals surface area contributed by atoms with E-state index in [-0.39, 0.29) is 35.4 Å². The van der Waals surface area contributed by atoms with Gasteiger partial charge in [0.05, 0.1) is 18.1 Å². The molecule has 0 saturated carbocycles. The Morgan fingerprint density at radius 2 is 1.86 bits per heavy atom. The molecule has 0 fully saturated rings. The smallest absolute Gasteiger partial charge is 0.211 e. The van der Waals surface area contributed by atoms with Gasteiger partial charge in [-0.3, -0.25) is 4.79 Å². The number of benzene rings is 1. The van der Waals surface area contributed by atoms with Crippen LogP contribution < -0.4 is 16.8 Å². The van der Waals surface area contributed by atoms with Crippen LogP contribution in [0, 0.1) is 11.6 Å². The fraction of sp³-hybridized carbons (Fsp3) is 0.0556. The van der Waals surface area contributed by atoms with Gasteiger partial charge in [0.2, 0.25) is 6.41 Å². The number of anilines is 3. The van der Waals surface area contributed by atoms with E-state index >= 15 is 0 Å². The summed E-state index contributed by atoms with van der Waals surface area (Å²) in [7, 11) is 0. The molecule has 1 amide bonds. The summed E-state index contributed by atoms with van der Waals surface area (Å²) in [6.45, 7) is 0.0531. The molecule has 0 unspecified atom stereocenters. The van der Waals surface area contributed by atoms with Crippen molar-refractivity contribution in [3.05, 3.63) is 53.7 Å². The second kappa shape index (κ2) is 7.11.